The van der Waals surface area contributed by atoms with E-state index in [0.29, 0.717) is 13.2 Å². The van der Waals surface area contributed by atoms with Gasteiger partial charge in [0.25, 0.3) is 0 Å². The summed E-state index contributed by atoms with van der Waals surface area (Å²) in [6.07, 6.45) is 0.806. The van der Waals surface area contributed by atoms with Crippen LogP contribution < -0.4 is 5.90 Å². The first-order chi connectivity index (χ1) is 3.41. The van der Waals surface area contributed by atoms with Crippen LogP contribution in [0.1, 0.15) is 6.42 Å². The van der Waals surface area contributed by atoms with Gasteiger partial charge < -0.3 is 4.74 Å². The van der Waals surface area contributed by atoms with Gasteiger partial charge in [-0.1, -0.05) is 0 Å². The summed E-state index contributed by atoms with van der Waals surface area (Å²) in [5, 5.41) is 0. The first kappa shape index (κ1) is 6.88. The molecular formula is C4H10NO2. The molecule has 0 heterocycles. The quantitative estimate of drug-likeness (QED) is 0.378. The van der Waals surface area contributed by atoms with Crippen LogP contribution in [0, 0.1) is 0 Å². The summed E-state index contributed by atoms with van der Waals surface area (Å²) >= 11 is 0. The number of ether oxygens (including phenoxy) is 1. The molecule has 1 radical (unpaired) electrons. The third kappa shape index (κ3) is 5.88. The monoisotopic (exact) mass is 104 g/mol. The summed E-state index contributed by atoms with van der Waals surface area (Å²) in [6.45, 7) is 1.15. The molecule has 0 saturated heterocycles. The molecule has 0 saturated carbocycles. The Kier molecular flexibility index (Phi) is 5.78. The van der Waals surface area contributed by atoms with Gasteiger partial charge in [0.1, 0.15) is 0 Å². The van der Waals surface area contributed by atoms with Crippen LogP contribution in [-0.2, 0) is 9.57 Å². The van der Waals surface area contributed by atoms with Crippen molar-refractivity contribution in [2.75, 3.05) is 20.3 Å². The molecule has 0 aromatic heterocycles. The summed E-state index contributed by atoms with van der Waals surface area (Å²) in [5.74, 6) is 6.23. The molecule has 1 N–H and O–H groups in total. The zero-order valence-electron chi connectivity index (χ0n) is 4.44. The first-order valence-corrected chi connectivity index (χ1v) is 2.19. The average molecular weight is 104 g/mol. The van der Waals surface area contributed by atoms with Crippen molar-refractivity contribution in [3.05, 3.63) is 0 Å². The Hall–Kier alpha value is -0.120. The molecular weight excluding hydrogens is 94.0 g/mol. The second-order valence-corrected chi connectivity index (χ2v) is 1.19. The van der Waals surface area contributed by atoms with Crippen molar-refractivity contribution < 1.29 is 9.57 Å². The third-order valence-corrected chi connectivity index (χ3v) is 0.595. The highest BCUT2D eigenvalue weighted by Crippen LogP contribution is 1.77. The van der Waals surface area contributed by atoms with Gasteiger partial charge in [-0.05, 0) is 6.42 Å². The zero-order chi connectivity index (χ0) is 5.54. The Morgan fingerprint density at radius 1 is 1.43 bits per heavy atom. The van der Waals surface area contributed by atoms with E-state index >= 15 is 0 Å². The summed E-state index contributed by atoms with van der Waals surface area (Å²) in [4.78, 5) is 4.01. The summed E-state index contributed by atoms with van der Waals surface area (Å²) in [6, 6.07) is 0. The van der Waals surface area contributed by atoms with E-state index in [9.17, 15) is 0 Å². The SMILES string of the molecule is COCCCO[NH]. The average Bonchev–Trinajstić information content (AvgIpc) is 1.69. The number of methoxy groups -OCH3 is 1. The lowest BCUT2D eigenvalue weighted by Crippen LogP contribution is -1.95. The summed E-state index contributed by atoms with van der Waals surface area (Å²) < 4.78 is 4.68. The second-order valence-electron chi connectivity index (χ2n) is 1.19. The summed E-state index contributed by atoms with van der Waals surface area (Å²) in [5.41, 5.74) is 0. The minimum atomic E-state index is 0.466. The molecule has 0 fully saturated rings. The lowest BCUT2D eigenvalue weighted by atomic mass is 10.5. The maximum atomic E-state index is 6.23. The van der Waals surface area contributed by atoms with E-state index in [1.165, 1.54) is 0 Å². The first-order valence-electron chi connectivity index (χ1n) is 2.19. The Bertz CT molecular complexity index is 28.9. The van der Waals surface area contributed by atoms with Gasteiger partial charge in [0.05, 0.1) is 6.61 Å². The van der Waals surface area contributed by atoms with E-state index in [-0.39, 0.29) is 0 Å². The van der Waals surface area contributed by atoms with Gasteiger partial charge in [-0.15, -0.1) is 5.90 Å². The third-order valence-electron chi connectivity index (χ3n) is 0.595. The van der Waals surface area contributed by atoms with Gasteiger partial charge in [0.2, 0.25) is 0 Å². The Morgan fingerprint density at radius 3 is 2.57 bits per heavy atom. The van der Waals surface area contributed by atoms with Crippen molar-refractivity contribution in [1.82, 2.24) is 5.90 Å². The summed E-state index contributed by atoms with van der Waals surface area (Å²) in [7, 11) is 1.63. The number of rotatable bonds is 4. The van der Waals surface area contributed by atoms with E-state index in [0.717, 1.165) is 6.42 Å². The van der Waals surface area contributed by atoms with E-state index in [1.807, 2.05) is 0 Å². The molecule has 0 amide bonds. The van der Waals surface area contributed by atoms with Crippen LogP contribution in [0.3, 0.4) is 0 Å². The Labute approximate surface area is 43.4 Å². The number of hydrogen-bond acceptors (Lipinski definition) is 2. The molecule has 0 rings (SSSR count). The van der Waals surface area contributed by atoms with Crippen molar-refractivity contribution in [2.24, 2.45) is 0 Å². The molecule has 0 unspecified atom stereocenters. The minimum Gasteiger partial charge on any atom is -0.385 e. The highest BCUT2D eigenvalue weighted by molar-refractivity contribution is 4.27. The predicted octanol–water partition coefficient (Wildman–Crippen LogP) is 0.237. The normalized spacial score (nSPS) is 9.43. The number of nitrogens with one attached hydrogen (secondary N) is 1. The zero-order valence-corrected chi connectivity index (χ0v) is 4.44. The molecule has 0 aliphatic heterocycles. The standard InChI is InChI=1S/C4H10NO2/c1-6-3-2-4-7-5/h5H,2-4H2,1H3. The van der Waals surface area contributed by atoms with Gasteiger partial charge in [0, 0.05) is 13.7 Å². The van der Waals surface area contributed by atoms with Gasteiger partial charge >= 0.3 is 0 Å². The smallest absolute Gasteiger partial charge is 0.0721 e. The highest BCUT2D eigenvalue weighted by Gasteiger charge is 1.80. The van der Waals surface area contributed by atoms with Gasteiger partial charge in [-0.25, -0.2) is 0 Å². The fourth-order valence-corrected chi connectivity index (χ4v) is 0.275. The molecule has 0 aliphatic rings. The van der Waals surface area contributed by atoms with Crippen molar-refractivity contribution in [2.45, 2.75) is 6.42 Å². The second kappa shape index (κ2) is 5.88. The van der Waals surface area contributed by atoms with Gasteiger partial charge in [0.15, 0.2) is 0 Å². The predicted molar refractivity (Wildman–Crippen MR) is 25.5 cm³/mol. The van der Waals surface area contributed by atoms with Gasteiger partial charge in [-0.2, -0.15) is 0 Å². The van der Waals surface area contributed by atoms with Crippen LogP contribution in [0.4, 0.5) is 0 Å². The molecule has 0 aromatic carbocycles. The van der Waals surface area contributed by atoms with Crippen LogP contribution in [0.25, 0.3) is 0 Å². The molecule has 3 nitrogen and oxygen atoms in total. The van der Waals surface area contributed by atoms with Crippen molar-refractivity contribution >= 4 is 0 Å². The van der Waals surface area contributed by atoms with Crippen LogP contribution in [-0.4, -0.2) is 20.3 Å². The lowest BCUT2D eigenvalue weighted by molar-refractivity contribution is 0.0907. The van der Waals surface area contributed by atoms with E-state index in [1.54, 1.807) is 7.11 Å². The molecule has 0 aliphatic carbocycles. The number of hydrogen-bond donors (Lipinski definition) is 0. The Balaban J connectivity index is 2.45. The molecule has 0 spiro atoms. The van der Waals surface area contributed by atoms with E-state index in [4.69, 9.17) is 5.90 Å². The molecule has 0 atom stereocenters. The van der Waals surface area contributed by atoms with Crippen molar-refractivity contribution in [3.8, 4) is 0 Å². The van der Waals surface area contributed by atoms with Crippen LogP contribution >= 0.6 is 0 Å². The van der Waals surface area contributed by atoms with Gasteiger partial charge in [-0.3, -0.25) is 4.84 Å². The molecule has 0 aromatic rings. The van der Waals surface area contributed by atoms with E-state index in [2.05, 4.69) is 9.57 Å². The van der Waals surface area contributed by atoms with Crippen LogP contribution in [0.5, 0.6) is 0 Å². The minimum absolute atomic E-state index is 0.466. The topological polar surface area (TPSA) is 42.3 Å². The Morgan fingerprint density at radius 2 is 2.14 bits per heavy atom. The molecule has 0 bridgehead atoms. The lowest BCUT2D eigenvalue weighted by Gasteiger charge is -1.92. The molecule has 43 valence electrons. The van der Waals surface area contributed by atoms with E-state index < -0.39 is 0 Å². The maximum absolute atomic E-state index is 6.23. The maximum Gasteiger partial charge on any atom is 0.0721 e. The fourth-order valence-electron chi connectivity index (χ4n) is 0.275. The fraction of sp³-hybridized carbons (Fsp3) is 1.00. The molecule has 7 heavy (non-hydrogen) atoms. The van der Waals surface area contributed by atoms with Crippen molar-refractivity contribution in [1.29, 1.82) is 0 Å². The van der Waals surface area contributed by atoms with Crippen LogP contribution in [0.2, 0.25) is 0 Å². The molecule has 3 heteroatoms. The van der Waals surface area contributed by atoms with Crippen LogP contribution in [0.15, 0.2) is 0 Å². The van der Waals surface area contributed by atoms with Crippen molar-refractivity contribution in [3.63, 3.8) is 0 Å². The largest absolute Gasteiger partial charge is 0.385 e. The highest BCUT2D eigenvalue weighted by atomic mass is 16.6.